The van der Waals surface area contributed by atoms with Gasteiger partial charge in [-0.25, -0.2) is 31.5 Å². The summed E-state index contributed by atoms with van der Waals surface area (Å²) < 4.78 is 58.3. The lowest BCUT2D eigenvalue weighted by Crippen LogP contribution is -2.37. The zero-order chi connectivity index (χ0) is 25.8. The third-order valence-corrected chi connectivity index (χ3v) is 7.17. The number of carbonyl (C=O) groups excluding carboxylic acids is 1. The van der Waals surface area contributed by atoms with Gasteiger partial charge in [0, 0.05) is 23.1 Å². The summed E-state index contributed by atoms with van der Waals surface area (Å²) in [5, 5.41) is 2.57. The van der Waals surface area contributed by atoms with Crippen molar-refractivity contribution in [1.29, 1.82) is 0 Å². The minimum atomic E-state index is -3.96. The summed E-state index contributed by atoms with van der Waals surface area (Å²) in [6, 6.07) is 13.4. The molecule has 1 amide bonds. The van der Waals surface area contributed by atoms with Crippen LogP contribution in [0.5, 0.6) is 5.75 Å². The van der Waals surface area contributed by atoms with E-state index in [0.717, 1.165) is 10.6 Å². The van der Waals surface area contributed by atoms with Gasteiger partial charge in [-0.2, -0.15) is 0 Å². The number of carbonyl (C=O) groups is 1. The quantitative estimate of drug-likeness (QED) is 0.438. The Hall–Kier alpha value is -3.71. The maximum Gasteiger partial charge on any atom is 0.264 e. The third-order valence-electron chi connectivity index (χ3n) is 4.69. The average molecular weight is 520 g/mol. The van der Waals surface area contributed by atoms with Gasteiger partial charge in [-0.1, -0.05) is 6.07 Å². The van der Waals surface area contributed by atoms with E-state index in [2.05, 4.69) is 20.0 Å². The van der Waals surface area contributed by atoms with Crippen molar-refractivity contribution in [3.63, 3.8) is 0 Å². The van der Waals surface area contributed by atoms with Gasteiger partial charge < -0.3 is 10.1 Å². The molecule has 186 valence electrons. The molecule has 1 aromatic heterocycles. The molecular formula is C22H25N5O6S2. The highest BCUT2D eigenvalue weighted by Crippen LogP contribution is 2.23. The Labute approximate surface area is 204 Å². The highest BCUT2D eigenvalue weighted by molar-refractivity contribution is 7.92. The van der Waals surface area contributed by atoms with Crippen LogP contribution in [0.15, 0.2) is 59.5 Å². The van der Waals surface area contributed by atoms with E-state index >= 15 is 0 Å². The standard InChI is InChI=1S/C22H25N5O6S2/c1-15-12-16(2)24-22(23-15)26-35(31,32)20-10-8-17(9-11-20)25-21(28)14-27(34(4,29)30)18-6-5-7-19(13-18)33-3/h5-13H,14H2,1-4H3,(H,25,28)(H,23,24,26). The Morgan fingerprint density at radius 3 is 2.17 bits per heavy atom. The lowest BCUT2D eigenvalue weighted by molar-refractivity contribution is -0.114. The molecule has 0 atom stereocenters. The maximum absolute atomic E-state index is 12.7. The number of hydrogen-bond donors (Lipinski definition) is 2. The molecule has 0 spiro atoms. The molecule has 1 heterocycles. The van der Waals surface area contributed by atoms with Crippen LogP contribution >= 0.6 is 0 Å². The van der Waals surface area contributed by atoms with Crippen molar-refractivity contribution in [2.75, 3.05) is 34.3 Å². The van der Waals surface area contributed by atoms with Gasteiger partial charge in [0.1, 0.15) is 12.3 Å². The smallest absolute Gasteiger partial charge is 0.264 e. The fraction of sp³-hybridized carbons (Fsp3) is 0.227. The van der Waals surface area contributed by atoms with Gasteiger partial charge in [0.05, 0.1) is 23.9 Å². The van der Waals surface area contributed by atoms with Gasteiger partial charge >= 0.3 is 0 Å². The van der Waals surface area contributed by atoms with E-state index in [-0.39, 0.29) is 22.2 Å². The maximum atomic E-state index is 12.7. The molecule has 3 rings (SSSR count). The van der Waals surface area contributed by atoms with Gasteiger partial charge in [-0.3, -0.25) is 9.10 Å². The van der Waals surface area contributed by atoms with Crippen molar-refractivity contribution >= 4 is 43.3 Å². The Balaban J connectivity index is 1.73. The van der Waals surface area contributed by atoms with Crippen LogP contribution in [0.3, 0.4) is 0 Å². The molecule has 3 aromatic rings. The summed E-state index contributed by atoms with van der Waals surface area (Å²) in [5.41, 5.74) is 1.79. The predicted octanol–water partition coefficient (Wildman–Crippen LogP) is 2.31. The second kappa shape index (κ2) is 10.3. The first kappa shape index (κ1) is 25.9. The van der Waals surface area contributed by atoms with Gasteiger partial charge in [0.15, 0.2) is 0 Å². The van der Waals surface area contributed by atoms with Gasteiger partial charge in [-0.15, -0.1) is 0 Å². The number of anilines is 3. The number of sulfonamides is 2. The van der Waals surface area contributed by atoms with E-state index in [0.29, 0.717) is 17.1 Å². The number of hydrogen-bond acceptors (Lipinski definition) is 8. The first-order valence-electron chi connectivity index (χ1n) is 10.2. The first-order valence-corrected chi connectivity index (χ1v) is 13.6. The normalized spacial score (nSPS) is 11.5. The predicted molar refractivity (Wildman–Crippen MR) is 133 cm³/mol. The molecule has 2 aromatic carbocycles. The van der Waals surface area contributed by atoms with E-state index in [1.807, 2.05) is 0 Å². The van der Waals surface area contributed by atoms with Crippen LogP contribution in [0.25, 0.3) is 0 Å². The first-order chi connectivity index (χ1) is 16.4. The van der Waals surface area contributed by atoms with Crippen LogP contribution < -0.4 is 19.1 Å². The average Bonchev–Trinajstić information content (AvgIpc) is 2.76. The van der Waals surface area contributed by atoms with Gasteiger partial charge in [0.2, 0.25) is 21.9 Å². The number of aromatic nitrogens is 2. The van der Waals surface area contributed by atoms with Crippen LogP contribution in [0, 0.1) is 13.8 Å². The molecule has 0 unspecified atom stereocenters. The molecular weight excluding hydrogens is 494 g/mol. The zero-order valence-electron chi connectivity index (χ0n) is 19.5. The molecule has 0 saturated carbocycles. The van der Waals surface area contributed by atoms with Crippen LogP contribution in [0.1, 0.15) is 11.4 Å². The lowest BCUT2D eigenvalue weighted by Gasteiger charge is -2.22. The van der Waals surface area contributed by atoms with Crippen molar-refractivity contribution in [2.24, 2.45) is 0 Å². The molecule has 0 aliphatic rings. The summed E-state index contributed by atoms with van der Waals surface area (Å²) >= 11 is 0. The summed E-state index contributed by atoms with van der Waals surface area (Å²) in [7, 11) is -6.29. The molecule has 0 bridgehead atoms. The second-order valence-electron chi connectivity index (χ2n) is 7.62. The number of aryl methyl sites for hydroxylation is 2. The van der Waals surface area contributed by atoms with Crippen molar-refractivity contribution in [3.8, 4) is 5.75 Å². The number of methoxy groups -OCH3 is 1. The number of nitrogens with zero attached hydrogens (tertiary/aromatic N) is 3. The van der Waals surface area contributed by atoms with Crippen molar-refractivity contribution in [2.45, 2.75) is 18.7 Å². The molecule has 2 N–H and O–H groups in total. The topological polar surface area (TPSA) is 148 Å². The number of nitrogens with one attached hydrogen (secondary N) is 2. The second-order valence-corrected chi connectivity index (χ2v) is 11.2. The molecule has 35 heavy (non-hydrogen) atoms. The van der Waals surface area contributed by atoms with Gasteiger partial charge in [0.25, 0.3) is 10.0 Å². The van der Waals surface area contributed by atoms with Crippen LogP contribution in [0.2, 0.25) is 0 Å². The molecule has 0 fully saturated rings. The van der Waals surface area contributed by atoms with E-state index in [4.69, 9.17) is 4.74 Å². The van der Waals surface area contributed by atoms with E-state index < -0.39 is 32.5 Å². The molecule has 13 heteroatoms. The fourth-order valence-electron chi connectivity index (χ4n) is 3.16. The van der Waals surface area contributed by atoms with Crippen molar-refractivity contribution < 1.29 is 26.4 Å². The molecule has 0 aliphatic heterocycles. The summed E-state index contributed by atoms with van der Waals surface area (Å²) in [4.78, 5) is 20.7. The lowest BCUT2D eigenvalue weighted by atomic mass is 10.3. The van der Waals surface area contributed by atoms with E-state index in [1.54, 1.807) is 38.1 Å². The number of ether oxygens (including phenoxy) is 1. The highest BCUT2D eigenvalue weighted by atomic mass is 32.2. The Kier molecular flexibility index (Phi) is 7.60. The zero-order valence-corrected chi connectivity index (χ0v) is 21.1. The van der Waals surface area contributed by atoms with Gasteiger partial charge in [-0.05, 0) is 56.3 Å². The summed E-state index contributed by atoms with van der Waals surface area (Å²) in [5.74, 6) is -0.220. The minimum absolute atomic E-state index is 0.0433. The summed E-state index contributed by atoms with van der Waals surface area (Å²) in [6.45, 7) is 2.96. The SMILES string of the molecule is COc1cccc(N(CC(=O)Nc2ccc(S(=O)(=O)Nc3nc(C)cc(C)n3)cc2)S(C)(=O)=O)c1. The van der Waals surface area contributed by atoms with E-state index in [1.165, 1.54) is 37.4 Å². The highest BCUT2D eigenvalue weighted by Gasteiger charge is 2.22. The Morgan fingerprint density at radius 1 is 0.971 bits per heavy atom. The number of benzene rings is 2. The third kappa shape index (κ3) is 6.90. The number of rotatable bonds is 9. The Bertz CT molecular complexity index is 1420. The van der Waals surface area contributed by atoms with Crippen molar-refractivity contribution in [3.05, 3.63) is 66.0 Å². The van der Waals surface area contributed by atoms with Crippen LogP contribution in [-0.2, 0) is 24.8 Å². The van der Waals surface area contributed by atoms with Crippen molar-refractivity contribution in [1.82, 2.24) is 9.97 Å². The molecule has 0 aliphatic carbocycles. The minimum Gasteiger partial charge on any atom is -0.497 e. The largest absolute Gasteiger partial charge is 0.497 e. The molecule has 0 radical (unpaired) electrons. The summed E-state index contributed by atoms with van der Waals surface area (Å²) in [6.07, 6.45) is 0.992. The van der Waals surface area contributed by atoms with Crippen LogP contribution in [-0.4, -0.2) is 52.6 Å². The Morgan fingerprint density at radius 2 is 1.60 bits per heavy atom. The number of amides is 1. The molecule has 0 saturated heterocycles. The molecule has 11 nitrogen and oxygen atoms in total. The fourth-order valence-corrected chi connectivity index (χ4v) is 4.96. The van der Waals surface area contributed by atoms with Crippen LogP contribution in [0.4, 0.5) is 17.3 Å². The monoisotopic (exact) mass is 519 g/mol. The van der Waals surface area contributed by atoms with E-state index in [9.17, 15) is 21.6 Å².